The van der Waals surface area contributed by atoms with Crippen molar-refractivity contribution in [2.75, 3.05) is 39.4 Å². The molecule has 2 heterocycles. The molecule has 1 aliphatic heterocycles. The van der Waals surface area contributed by atoms with Crippen LogP contribution in [0.4, 0.5) is 4.79 Å². The minimum atomic E-state index is -0.991. The third-order valence-corrected chi connectivity index (χ3v) is 7.03. The second-order valence-electron chi connectivity index (χ2n) is 9.76. The maximum Gasteiger partial charge on any atom is 0.409 e. The number of nitrogens with zero attached hydrogens (tertiary/aromatic N) is 3. The molecule has 2 N–H and O–H groups in total. The van der Waals surface area contributed by atoms with Crippen LogP contribution in [0.3, 0.4) is 0 Å². The Bertz CT molecular complexity index is 1420. The summed E-state index contributed by atoms with van der Waals surface area (Å²) in [7, 11) is 0. The standard InChI is InChI=1S/C31H36N4O7/c1-3-40-28-22-12-8-9-13-24(22)33-27(26(28)29(32)37)23(14-15-25(36)42-20-21-10-6-5-7-11-21)30(38)34-16-18-35(19-17-34)31(39)41-4-2/h5-13,23H,3-4,14-20H2,1-2H3,(H2,32,37). The summed E-state index contributed by atoms with van der Waals surface area (Å²) in [5.41, 5.74) is 7.39. The quantitative estimate of drug-likeness (QED) is 0.341. The van der Waals surface area contributed by atoms with Gasteiger partial charge in [0.15, 0.2) is 0 Å². The van der Waals surface area contributed by atoms with Crippen LogP contribution >= 0.6 is 0 Å². The second-order valence-corrected chi connectivity index (χ2v) is 9.76. The Balaban J connectivity index is 1.65. The van der Waals surface area contributed by atoms with E-state index in [0.29, 0.717) is 10.9 Å². The first-order chi connectivity index (χ1) is 20.3. The maximum atomic E-state index is 14.1. The van der Waals surface area contributed by atoms with Gasteiger partial charge in [0.1, 0.15) is 17.9 Å². The number of pyridine rings is 1. The van der Waals surface area contributed by atoms with E-state index in [1.165, 1.54) is 0 Å². The molecule has 42 heavy (non-hydrogen) atoms. The molecule has 0 saturated carbocycles. The summed E-state index contributed by atoms with van der Waals surface area (Å²) in [5, 5.41) is 0.591. The number of hydrogen-bond acceptors (Lipinski definition) is 8. The summed E-state index contributed by atoms with van der Waals surface area (Å²) in [4.78, 5) is 59.8. The summed E-state index contributed by atoms with van der Waals surface area (Å²) in [6.45, 7) is 5.21. The molecule has 2 aromatic carbocycles. The number of hydrogen-bond donors (Lipinski definition) is 1. The topological polar surface area (TPSA) is 141 Å². The van der Waals surface area contributed by atoms with Crippen LogP contribution in [0.15, 0.2) is 54.6 Å². The van der Waals surface area contributed by atoms with Crippen LogP contribution in [0.1, 0.15) is 54.2 Å². The molecule has 11 nitrogen and oxygen atoms in total. The number of fused-ring (bicyclic) bond motifs is 1. The monoisotopic (exact) mass is 576 g/mol. The predicted molar refractivity (Wildman–Crippen MR) is 155 cm³/mol. The van der Waals surface area contributed by atoms with E-state index in [1.54, 1.807) is 47.9 Å². The molecular formula is C31H36N4O7. The Hall–Kier alpha value is -4.67. The number of ether oxygens (including phenoxy) is 3. The molecule has 1 aromatic heterocycles. The number of nitrogens with two attached hydrogens (primary N) is 1. The number of esters is 1. The number of carbonyl (C=O) groups excluding carboxylic acids is 4. The molecule has 4 rings (SSSR count). The van der Waals surface area contributed by atoms with Crippen molar-refractivity contribution in [3.05, 3.63) is 71.4 Å². The van der Waals surface area contributed by atoms with Gasteiger partial charge < -0.3 is 29.7 Å². The van der Waals surface area contributed by atoms with Gasteiger partial charge in [-0.1, -0.05) is 42.5 Å². The van der Waals surface area contributed by atoms with Crippen molar-refractivity contribution in [1.82, 2.24) is 14.8 Å². The molecule has 222 valence electrons. The van der Waals surface area contributed by atoms with Crippen molar-refractivity contribution >= 4 is 34.8 Å². The lowest BCUT2D eigenvalue weighted by molar-refractivity contribution is -0.145. The minimum Gasteiger partial charge on any atom is -0.492 e. The summed E-state index contributed by atoms with van der Waals surface area (Å²) in [5.74, 6) is -2.35. The predicted octanol–water partition coefficient (Wildman–Crippen LogP) is 3.64. The SMILES string of the molecule is CCOC(=O)N1CCN(C(=O)C(CCC(=O)OCc2ccccc2)c2nc3ccccc3c(OCC)c2C(N)=O)CC1. The second kappa shape index (κ2) is 14.3. The zero-order valence-electron chi connectivity index (χ0n) is 23.9. The van der Waals surface area contributed by atoms with Crippen LogP contribution in [0.5, 0.6) is 5.75 Å². The van der Waals surface area contributed by atoms with Crippen molar-refractivity contribution in [2.24, 2.45) is 5.73 Å². The van der Waals surface area contributed by atoms with E-state index >= 15 is 0 Å². The molecule has 0 spiro atoms. The van der Waals surface area contributed by atoms with Crippen molar-refractivity contribution in [2.45, 2.75) is 39.2 Å². The smallest absolute Gasteiger partial charge is 0.409 e. The summed E-state index contributed by atoms with van der Waals surface area (Å²) in [6, 6.07) is 16.4. The largest absolute Gasteiger partial charge is 0.492 e. The van der Waals surface area contributed by atoms with Gasteiger partial charge in [0.05, 0.1) is 30.3 Å². The Morgan fingerprint density at radius 2 is 1.55 bits per heavy atom. The number of piperazine rings is 1. The molecule has 0 bridgehead atoms. The van der Waals surface area contributed by atoms with Crippen LogP contribution < -0.4 is 10.5 Å². The summed E-state index contributed by atoms with van der Waals surface area (Å²) < 4.78 is 16.4. The molecule has 0 aliphatic carbocycles. The third kappa shape index (κ3) is 7.15. The van der Waals surface area contributed by atoms with Crippen molar-refractivity contribution < 1.29 is 33.4 Å². The minimum absolute atomic E-state index is 0.0108. The normalized spacial score (nSPS) is 13.9. The fourth-order valence-corrected chi connectivity index (χ4v) is 4.98. The number of aromatic nitrogens is 1. The first kappa shape index (κ1) is 30.3. The van der Waals surface area contributed by atoms with Crippen LogP contribution in [0, 0.1) is 0 Å². The lowest BCUT2D eigenvalue weighted by Gasteiger charge is -2.36. The zero-order chi connectivity index (χ0) is 30.1. The van der Waals surface area contributed by atoms with Gasteiger partial charge in [-0.3, -0.25) is 19.4 Å². The molecular weight excluding hydrogens is 540 g/mol. The third-order valence-electron chi connectivity index (χ3n) is 7.03. The van der Waals surface area contributed by atoms with Gasteiger partial charge in [-0.05, 0) is 38.0 Å². The average Bonchev–Trinajstić information content (AvgIpc) is 3.00. The van der Waals surface area contributed by atoms with Gasteiger partial charge in [-0.15, -0.1) is 0 Å². The summed E-state index contributed by atoms with van der Waals surface area (Å²) >= 11 is 0. The van der Waals surface area contributed by atoms with Gasteiger partial charge in [0, 0.05) is 38.0 Å². The fraction of sp³-hybridized carbons (Fsp3) is 0.387. The number of rotatable bonds is 11. The fourth-order valence-electron chi connectivity index (χ4n) is 4.98. The van der Waals surface area contributed by atoms with Crippen LogP contribution in [0.25, 0.3) is 10.9 Å². The van der Waals surface area contributed by atoms with E-state index in [2.05, 4.69) is 0 Å². The highest BCUT2D eigenvalue weighted by atomic mass is 16.6. The van der Waals surface area contributed by atoms with Crippen molar-refractivity contribution in [1.29, 1.82) is 0 Å². The number of primary amides is 1. The number of carbonyl (C=O) groups is 4. The first-order valence-electron chi connectivity index (χ1n) is 14.1. The Labute approximate surface area is 244 Å². The average molecular weight is 577 g/mol. The molecule has 11 heteroatoms. The van der Waals surface area contributed by atoms with E-state index in [4.69, 9.17) is 24.9 Å². The first-order valence-corrected chi connectivity index (χ1v) is 14.1. The van der Waals surface area contributed by atoms with E-state index in [-0.39, 0.29) is 81.8 Å². The Kier molecular flexibility index (Phi) is 10.3. The molecule has 0 radical (unpaired) electrons. The number of benzene rings is 2. The van der Waals surface area contributed by atoms with Gasteiger partial charge in [0.2, 0.25) is 5.91 Å². The van der Waals surface area contributed by atoms with Crippen LogP contribution in [-0.2, 0) is 25.7 Å². The number of amides is 3. The highest BCUT2D eigenvalue weighted by Crippen LogP contribution is 2.36. The molecule has 3 amide bonds. The molecule has 1 unspecified atom stereocenters. The highest BCUT2D eigenvalue weighted by Gasteiger charge is 2.35. The Morgan fingerprint density at radius 3 is 2.21 bits per heavy atom. The van der Waals surface area contributed by atoms with E-state index in [9.17, 15) is 19.2 Å². The lowest BCUT2D eigenvalue weighted by Crippen LogP contribution is -2.52. The molecule has 1 fully saturated rings. The van der Waals surface area contributed by atoms with Crippen molar-refractivity contribution in [3.63, 3.8) is 0 Å². The lowest BCUT2D eigenvalue weighted by atomic mass is 9.91. The molecule has 1 aliphatic rings. The summed E-state index contributed by atoms with van der Waals surface area (Å²) in [6.07, 6.45) is -0.499. The van der Waals surface area contributed by atoms with Gasteiger partial charge in [0.25, 0.3) is 5.91 Å². The van der Waals surface area contributed by atoms with Crippen molar-refractivity contribution in [3.8, 4) is 5.75 Å². The van der Waals surface area contributed by atoms with E-state index in [0.717, 1.165) is 5.56 Å². The molecule has 1 atom stereocenters. The molecule has 3 aromatic rings. The molecule has 1 saturated heterocycles. The Morgan fingerprint density at radius 1 is 0.881 bits per heavy atom. The van der Waals surface area contributed by atoms with E-state index in [1.807, 2.05) is 30.3 Å². The van der Waals surface area contributed by atoms with Gasteiger partial charge >= 0.3 is 12.1 Å². The van der Waals surface area contributed by atoms with Gasteiger partial charge in [-0.25, -0.2) is 4.79 Å². The van der Waals surface area contributed by atoms with Crippen LogP contribution in [-0.4, -0.2) is 78.1 Å². The van der Waals surface area contributed by atoms with E-state index < -0.39 is 23.9 Å². The van der Waals surface area contributed by atoms with Gasteiger partial charge in [-0.2, -0.15) is 0 Å². The highest BCUT2D eigenvalue weighted by molar-refractivity contribution is 6.04. The number of para-hydroxylation sites is 1. The zero-order valence-corrected chi connectivity index (χ0v) is 23.9. The van der Waals surface area contributed by atoms with Crippen LogP contribution in [0.2, 0.25) is 0 Å². The maximum absolute atomic E-state index is 14.1.